The molecule has 0 N–H and O–H groups in total. The molecular formula is C19H19NO3. The molecule has 0 aliphatic heterocycles. The van der Waals surface area contributed by atoms with E-state index in [2.05, 4.69) is 6.07 Å². The Hall–Kier alpha value is -2.80. The van der Waals surface area contributed by atoms with Gasteiger partial charge in [0.15, 0.2) is 5.78 Å². The van der Waals surface area contributed by atoms with E-state index in [0.717, 1.165) is 5.75 Å². The van der Waals surface area contributed by atoms with Gasteiger partial charge in [0.2, 0.25) is 0 Å². The lowest BCUT2D eigenvalue weighted by Crippen LogP contribution is -2.11. The molecule has 23 heavy (non-hydrogen) atoms. The lowest BCUT2D eigenvalue weighted by Gasteiger charge is -2.12. The molecule has 0 spiro atoms. The third-order valence-corrected chi connectivity index (χ3v) is 3.35. The summed E-state index contributed by atoms with van der Waals surface area (Å²) in [5.41, 5.74) is 1.14. The van der Waals surface area contributed by atoms with E-state index < -0.39 is 5.92 Å². The first-order valence-corrected chi connectivity index (χ1v) is 7.39. The first-order chi connectivity index (χ1) is 11.0. The van der Waals surface area contributed by atoms with Gasteiger partial charge < -0.3 is 9.47 Å². The smallest absolute Gasteiger partial charge is 0.184 e. The summed E-state index contributed by atoms with van der Waals surface area (Å²) in [5.74, 6) is 0.326. The number of hydrogen-bond donors (Lipinski definition) is 0. The summed E-state index contributed by atoms with van der Waals surface area (Å²) in [7, 11) is 1.57. The van der Waals surface area contributed by atoms with Gasteiger partial charge in [0, 0.05) is 5.56 Å². The molecular weight excluding hydrogens is 290 g/mol. The lowest BCUT2D eigenvalue weighted by molar-refractivity contribution is 0.0978. The second-order valence-corrected chi connectivity index (χ2v) is 5.39. The number of carbonyl (C=O) groups excluding carboxylic acids is 1. The van der Waals surface area contributed by atoms with Crippen molar-refractivity contribution in [2.75, 3.05) is 7.11 Å². The van der Waals surface area contributed by atoms with Crippen molar-refractivity contribution in [1.29, 1.82) is 5.26 Å². The highest BCUT2D eigenvalue weighted by molar-refractivity contribution is 6.02. The van der Waals surface area contributed by atoms with E-state index >= 15 is 0 Å². The summed E-state index contributed by atoms with van der Waals surface area (Å²) in [6.45, 7) is 3.89. The van der Waals surface area contributed by atoms with Gasteiger partial charge in [0.05, 0.1) is 19.3 Å². The normalized spacial score (nSPS) is 11.6. The monoisotopic (exact) mass is 309 g/mol. The van der Waals surface area contributed by atoms with E-state index in [1.165, 1.54) is 0 Å². The van der Waals surface area contributed by atoms with Crippen molar-refractivity contribution in [3.05, 3.63) is 59.7 Å². The first-order valence-electron chi connectivity index (χ1n) is 7.39. The van der Waals surface area contributed by atoms with E-state index in [1.807, 2.05) is 13.8 Å². The summed E-state index contributed by atoms with van der Waals surface area (Å²) in [6.07, 6.45) is 0.0774. The quantitative estimate of drug-likeness (QED) is 0.757. The van der Waals surface area contributed by atoms with E-state index in [1.54, 1.807) is 55.6 Å². The van der Waals surface area contributed by atoms with Crippen LogP contribution in [0.3, 0.4) is 0 Å². The van der Waals surface area contributed by atoms with Crippen molar-refractivity contribution in [3.8, 4) is 17.6 Å². The summed E-state index contributed by atoms with van der Waals surface area (Å²) in [4.78, 5) is 12.5. The van der Waals surface area contributed by atoms with Gasteiger partial charge in [-0.25, -0.2) is 0 Å². The number of hydrogen-bond acceptors (Lipinski definition) is 4. The zero-order valence-electron chi connectivity index (χ0n) is 13.4. The van der Waals surface area contributed by atoms with Gasteiger partial charge in [-0.2, -0.15) is 5.26 Å². The lowest BCUT2D eigenvalue weighted by atomic mass is 9.92. The maximum absolute atomic E-state index is 12.5. The van der Waals surface area contributed by atoms with Crippen molar-refractivity contribution in [1.82, 2.24) is 0 Å². The predicted molar refractivity (Wildman–Crippen MR) is 87.9 cm³/mol. The largest absolute Gasteiger partial charge is 0.497 e. The Morgan fingerprint density at radius 3 is 2.04 bits per heavy atom. The van der Waals surface area contributed by atoms with Gasteiger partial charge in [-0.15, -0.1) is 0 Å². The number of benzene rings is 2. The summed E-state index contributed by atoms with van der Waals surface area (Å²) >= 11 is 0. The van der Waals surface area contributed by atoms with E-state index in [-0.39, 0.29) is 11.9 Å². The molecule has 4 nitrogen and oxygen atoms in total. The molecule has 0 bridgehead atoms. The number of nitrogens with zero attached hydrogens (tertiary/aromatic N) is 1. The Bertz CT molecular complexity index is 697. The van der Waals surface area contributed by atoms with Crippen LogP contribution in [0.2, 0.25) is 0 Å². The third-order valence-electron chi connectivity index (χ3n) is 3.35. The summed E-state index contributed by atoms with van der Waals surface area (Å²) in [5, 5.41) is 9.40. The fourth-order valence-electron chi connectivity index (χ4n) is 2.22. The number of ketones is 1. The van der Waals surface area contributed by atoms with Crippen molar-refractivity contribution < 1.29 is 14.3 Å². The van der Waals surface area contributed by atoms with Crippen LogP contribution >= 0.6 is 0 Å². The highest BCUT2D eigenvalue weighted by Crippen LogP contribution is 2.24. The summed E-state index contributed by atoms with van der Waals surface area (Å²) in [6, 6.07) is 15.9. The first kappa shape index (κ1) is 16.6. The number of Topliss-reactive ketones (excluding diaryl/α,β-unsaturated/α-hetero) is 1. The average Bonchev–Trinajstić information content (AvgIpc) is 2.56. The average molecular weight is 309 g/mol. The van der Waals surface area contributed by atoms with Gasteiger partial charge in [-0.3, -0.25) is 4.79 Å². The molecule has 0 radical (unpaired) electrons. The molecule has 4 heteroatoms. The van der Waals surface area contributed by atoms with Crippen LogP contribution in [0.15, 0.2) is 48.5 Å². The molecule has 2 aromatic rings. The third kappa shape index (κ3) is 4.10. The molecule has 2 aromatic carbocycles. The predicted octanol–water partition coefficient (Wildman–Crippen LogP) is 3.97. The second-order valence-electron chi connectivity index (χ2n) is 5.39. The van der Waals surface area contributed by atoms with Crippen LogP contribution in [0.1, 0.15) is 35.7 Å². The van der Waals surface area contributed by atoms with Crippen LogP contribution in [0.5, 0.6) is 11.5 Å². The molecule has 1 atom stereocenters. The van der Waals surface area contributed by atoms with Crippen LogP contribution in [-0.2, 0) is 0 Å². The highest BCUT2D eigenvalue weighted by atomic mass is 16.5. The minimum absolute atomic E-state index is 0.0774. The number of nitriles is 1. The molecule has 2 rings (SSSR count). The standard InChI is InChI=1S/C19H19NO3/c1-13(2)23-17-10-4-14(5-11-17)18(12-20)19(21)15-6-8-16(22-3)9-7-15/h4-11,13,18H,1-3H3. The molecule has 0 amide bonds. The molecule has 118 valence electrons. The van der Waals surface area contributed by atoms with Gasteiger partial charge in [-0.1, -0.05) is 12.1 Å². The molecule has 1 unspecified atom stereocenters. The van der Waals surface area contributed by atoms with Crippen LogP contribution in [0, 0.1) is 11.3 Å². The maximum atomic E-state index is 12.5. The van der Waals surface area contributed by atoms with Crippen molar-refractivity contribution >= 4 is 5.78 Å². The van der Waals surface area contributed by atoms with E-state index in [9.17, 15) is 10.1 Å². The number of carbonyl (C=O) groups is 1. The number of ether oxygens (including phenoxy) is 2. The Labute approximate surface area is 136 Å². The van der Waals surface area contributed by atoms with E-state index in [4.69, 9.17) is 9.47 Å². The molecule has 0 heterocycles. The van der Waals surface area contributed by atoms with Crippen LogP contribution < -0.4 is 9.47 Å². The van der Waals surface area contributed by atoms with Gasteiger partial charge in [-0.05, 0) is 55.8 Å². The van der Waals surface area contributed by atoms with Crippen LogP contribution in [-0.4, -0.2) is 19.0 Å². The van der Waals surface area contributed by atoms with Crippen LogP contribution in [0.4, 0.5) is 0 Å². The van der Waals surface area contributed by atoms with Crippen molar-refractivity contribution in [3.63, 3.8) is 0 Å². The maximum Gasteiger partial charge on any atom is 0.184 e. The summed E-state index contributed by atoms with van der Waals surface area (Å²) < 4.78 is 10.6. The molecule has 0 saturated heterocycles. The Balaban J connectivity index is 2.21. The zero-order valence-corrected chi connectivity index (χ0v) is 13.4. The molecule has 0 aliphatic carbocycles. The Morgan fingerprint density at radius 2 is 1.57 bits per heavy atom. The second kappa shape index (κ2) is 7.46. The van der Waals surface area contributed by atoms with Gasteiger partial charge in [0.25, 0.3) is 0 Å². The topological polar surface area (TPSA) is 59.3 Å². The Kier molecular flexibility index (Phi) is 5.37. The van der Waals surface area contributed by atoms with Gasteiger partial charge in [0.1, 0.15) is 17.4 Å². The van der Waals surface area contributed by atoms with Crippen molar-refractivity contribution in [2.24, 2.45) is 0 Å². The SMILES string of the molecule is COc1ccc(C(=O)C(C#N)c2ccc(OC(C)C)cc2)cc1. The zero-order chi connectivity index (χ0) is 16.8. The van der Waals surface area contributed by atoms with E-state index in [0.29, 0.717) is 16.9 Å². The van der Waals surface area contributed by atoms with Gasteiger partial charge >= 0.3 is 0 Å². The Morgan fingerprint density at radius 1 is 1.00 bits per heavy atom. The number of methoxy groups -OCH3 is 1. The molecule has 0 fully saturated rings. The minimum atomic E-state index is -0.837. The fourth-order valence-corrected chi connectivity index (χ4v) is 2.22. The highest BCUT2D eigenvalue weighted by Gasteiger charge is 2.21. The molecule has 0 saturated carbocycles. The minimum Gasteiger partial charge on any atom is -0.497 e. The molecule has 0 aromatic heterocycles. The van der Waals surface area contributed by atoms with Crippen LogP contribution in [0.25, 0.3) is 0 Å². The molecule has 0 aliphatic rings. The van der Waals surface area contributed by atoms with Crippen molar-refractivity contribution in [2.45, 2.75) is 25.9 Å². The fraction of sp³-hybridized carbons (Fsp3) is 0.263. The number of rotatable bonds is 6.